The fourth-order valence-corrected chi connectivity index (χ4v) is 4.11. The van der Waals surface area contributed by atoms with Gasteiger partial charge in [0, 0.05) is 10.4 Å². The molecular formula is C15H18BrNO. The van der Waals surface area contributed by atoms with Crippen molar-refractivity contribution in [3.63, 3.8) is 0 Å². The van der Waals surface area contributed by atoms with E-state index in [0.717, 1.165) is 22.5 Å². The van der Waals surface area contributed by atoms with Crippen molar-refractivity contribution in [2.24, 2.45) is 17.8 Å². The number of carbonyl (C=O) groups excluding carboxylic acids is 1. The van der Waals surface area contributed by atoms with Gasteiger partial charge in [0.1, 0.15) is 0 Å². The molecule has 2 fully saturated rings. The molecule has 2 saturated carbocycles. The Morgan fingerprint density at radius 2 is 2.17 bits per heavy atom. The number of anilines is 1. The molecule has 0 radical (unpaired) electrons. The number of nitrogens with one attached hydrogen (secondary N) is 1. The minimum Gasteiger partial charge on any atom is -0.325 e. The molecule has 96 valence electrons. The van der Waals surface area contributed by atoms with Gasteiger partial charge in [-0.1, -0.05) is 12.5 Å². The van der Waals surface area contributed by atoms with E-state index in [4.69, 9.17) is 0 Å². The molecule has 1 aromatic carbocycles. The molecule has 2 aliphatic rings. The fraction of sp³-hybridized carbons (Fsp3) is 0.533. The Morgan fingerprint density at radius 1 is 1.33 bits per heavy atom. The Kier molecular flexibility index (Phi) is 3.18. The zero-order valence-electron chi connectivity index (χ0n) is 10.6. The second-order valence-electron chi connectivity index (χ2n) is 5.75. The number of halogens is 1. The van der Waals surface area contributed by atoms with Crippen LogP contribution in [-0.2, 0) is 4.79 Å². The summed E-state index contributed by atoms with van der Waals surface area (Å²) >= 11 is 3.51. The van der Waals surface area contributed by atoms with Crippen LogP contribution in [0.25, 0.3) is 0 Å². The summed E-state index contributed by atoms with van der Waals surface area (Å²) in [5, 5.41) is 3.08. The Labute approximate surface area is 116 Å². The van der Waals surface area contributed by atoms with Gasteiger partial charge in [0.25, 0.3) is 0 Å². The number of amides is 1. The van der Waals surface area contributed by atoms with E-state index in [1.54, 1.807) is 0 Å². The molecule has 2 nitrogen and oxygen atoms in total. The Morgan fingerprint density at radius 3 is 2.78 bits per heavy atom. The number of fused-ring (bicyclic) bond motifs is 2. The number of benzene rings is 1. The molecule has 3 atom stereocenters. The van der Waals surface area contributed by atoms with E-state index in [0.29, 0.717) is 5.92 Å². The van der Waals surface area contributed by atoms with E-state index in [1.807, 2.05) is 25.1 Å². The maximum atomic E-state index is 12.3. The molecule has 1 N–H and O–H groups in total. The zero-order chi connectivity index (χ0) is 12.7. The average Bonchev–Trinajstić information content (AvgIpc) is 2.94. The summed E-state index contributed by atoms with van der Waals surface area (Å²) in [4.78, 5) is 12.3. The van der Waals surface area contributed by atoms with Gasteiger partial charge in [-0.15, -0.1) is 0 Å². The second-order valence-corrected chi connectivity index (χ2v) is 6.61. The van der Waals surface area contributed by atoms with Gasteiger partial charge in [0.15, 0.2) is 0 Å². The lowest BCUT2D eigenvalue weighted by molar-refractivity contribution is -0.121. The fourth-order valence-electron chi connectivity index (χ4n) is 3.51. The summed E-state index contributed by atoms with van der Waals surface area (Å²) in [6.45, 7) is 2.05. The molecular weight excluding hydrogens is 290 g/mol. The Hall–Kier alpha value is -0.830. The normalized spacial score (nSPS) is 29.6. The Balaban J connectivity index is 1.71. The third kappa shape index (κ3) is 2.20. The first-order chi connectivity index (χ1) is 8.63. The van der Waals surface area contributed by atoms with Crippen LogP contribution in [0.2, 0.25) is 0 Å². The van der Waals surface area contributed by atoms with Crippen LogP contribution in [0.15, 0.2) is 22.7 Å². The molecule has 0 aliphatic heterocycles. The van der Waals surface area contributed by atoms with Crippen molar-refractivity contribution >= 4 is 27.5 Å². The molecule has 0 saturated heterocycles. The van der Waals surface area contributed by atoms with Crippen LogP contribution < -0.4 is 5.32 Å². The van der Waals surface area contributed by atoms with Crippen molar-refractivity contribution in [2.45, 2.75) is 32.6 Å². The maximum absolute atomic E-state index is 12.3. The van der Waals surface area contributed by atoms with E-state index >= 15 is 0 Å². The van der Waals surface area contributed by atoms with Gasteiger partial charge in [0.2, 0.25) is 5.91 Å². The van der Waals surface area contributed by atoms with Crippen molar-refractivity contribution in [1.29, 1.82) is 0 Å². The molecule has 1 amide bonds. The van der Waals surface area contributed by atoms with E-state index in [-0.39, 0.29) is 11.8 Å². The van der Waals surface area contributed by atoms with Gasteiger partial charge in [0.05, 0.1) is 5.69 Å². The largest absolute Gasteiger partial charge is 0.325 e. The minimum atomic E-state index is 0.215. The molecule has 2 aliphatic carbocycles. The predicted molar refractivity (Wildman–Crippen MR) is 76.4 cm³/mol. The van der Waals surface area contributed by atoms with Crippen molar-refractivity contribution in [1.82, 2.24) is 0 Å². The minimum absolute atomic E-state index is 0.215. The molecule has 0 unspecified atom stereocenters. The quantitative estimate of drug-likeness (QED) is 0.874. The summed E-state index contributed by atoms with van der Waals surface area (Å²) in [5.41, 5.74) is 2.09. The smallest absolute Gasteiger partial charge is 0.227 e. The van der Waals surface area contributed by atoms with Gasteiger partial charge in [-0.25, -0.2) is 0 Å². The molecule has 18 heavy (non-hydrogen) atoms. The topological polar surface area (TPSA) is 29.1 Å². The molecule has 1 aromatic rings. The molecule has 2 bridgehead atoms. The summed E-state index contributed by atoms with van der Waals surface area (Å²) in [6.07, 6.45) is 4.95. The summed E-state index contributed by atoms with van der Waals surface area (Å²) in [5.74, 6) is 1.91. The Bertz CT molecular complexity index is 485. The van der Waals surface area contributed by atoms with Crippen molar-refractivity contribution in [2.75, 3.05) is 5.32 Å². The number of rotatable bonds is 2. The molecule has 3 rings (SSSR count). The lowest BCUT2D eigenvalue weighted by atomic mass is 9.88. The first-order valence-electron chi connectivity index (χ1n) is 6.70. The van der Waals surface area contributed by atoms with Gasteiger partial charge in [-0.2, -0.15) is 0 Å². The highest BCUT2D eigenvalue weighted by atomic mass is 79.9. The monoisotopic (exact) mass is 307 g/mol. The van der Waals surface area contributed by atoms with Crippen LogP contribution in [0.3, 0.4) is 0 Å². The van der Waals surface area contributed by atoms with E-state index < -0.39 is 0 Å². The van der Waals surface area contributed by atoms with Crippen molar-refractivity contribution in [3.05, 3.63) is 28.2 Å². The predicted octanol–water partition coefficient (Wildman–Crippen LogP) is 4.13. The molecule has 0 spiro atoms. The van der Waals surface area contributed by atoms with Crippen LogP contribution in [0, 0.1) is 24.7 Å². The highest BCUT2D eigenvalue weighted by Gasteiger charge is 2.43. The second kappa shape index (κ2) is 4.69. The van der Waals surface area contributed by atoms with Crippen LogP contribution in [0.1, 0.15) is 31.2 Å². The van der Waals surface area contributed by atoms with Gasteiger partial charge < -0.3 is 5.32 Å². The van der Waals surface area contributed by atoms with Crippen molar-refractivity contribution < 1.29 is 4.79 Å². The van der Waals surface area contributed by atoms with Gasteiger partial charge in [-0.05, 0) is 71.6 Å². The maximum Gasteiger partial charge on any atom is 0.227 e. The third-order valence-electron chi connectivity index (χ3n) is 4.46. The van der Waals surface area contributed by atoms with Crippen LogP contribution in [-0.4, -0.2) is 5.91 Å². The number of hydrogen-bond acceptors (Lipinski definition) is 1. The summed E-state index contributed by atoms with van der Waals surface area (Å²) in [7, 11) is 0. The molecule has 3 heteroatoms. The van der Waals surface area contributed by atoms with Gasteiger partial charge in [-0.3, -0.25) is 4.79 Å². The SMILES string of the molecule is Cc1ccc(NC(=O)[C@H]2C[C@H]3CC[C@H]2C3)c(Br)c1. The zero-order valence-corrected chi connectivity index (χ0v) is 12.2. The third-order valence-corrected chi connectivity index (χ3v) is 5.11. The highest BCUT2D eigenvalue weighted by Crippen LogP contribution is 2.48. The summed E-state index contributed by atoms with van der Waals surface area (Å²) < 4.78 is 0.971. The molecule has 0 aromatic heterocycles. The van der Waals surface area contributed by atoms with Gasteiger partial charge >= 0.3 is 0 Å². The standard InChI is InChI=1S/C15H18BrNO/c1-9-2-5-14(13(16)6-9)17-15(18)12-8-10-3-4-11(12)7-10/h2,5-6,10-12H,3-4,7-8H2,1H3,(H,17,18)/t10-,11-,12-/m0/s1. The number of carbonyl (C=O) groups is 1. The van der Waals surface area contributed by atoms with Crippen LogP contribution in [0.5, 0.6) is 0 Å². The highest BCUT2D eigenvalue weighted by molar-refractivity contribution is 9.10. The van der Waals surface area contributed by atoms with E-state index in [1.165, 1.54) is 24.8 Å². The first kappa shape index (κ1) is 12.2. The lowest BCUT2D eigenvalue weighted by Crippen LogP contribution is -2.27. The average molecular weight is 308 g/mol. The lowest BCUT2D eigenvalue weighted by Gasteiger charge is -2.21. The van der Waals surface area contributed by atoms with Crippen LogP contribution in [0.4, 0.5) is 5.69 Å². The van der Waals surface area contributed by atoms with Crippen LogP contribution >= 0.6 is 15.9 Å². The number of hydrogen-bond donors (Lipinski definition) is 1. The molecule has 0 heterocycles. The van der Waals surface area contributed by atoms with E-state index in [2.05, 4.69) is 21.2 Å². The van der Waals surface area contributed by atoms with Crippen molar-refractivity contribution in [3.8, 4) is 0 Å². The number of aryl methyl sites for hydroxylation is 1. The first-order valence-corrected chi connectivity index (χ1v) is 7.50. The van der Waals surface area contributed by atoms with E-state index in [9.17, 15) is 4.79 Å². The summed E-state index contributed by atoms with van der Waals surface area (Å²) in [6, 6.07) is 6.04.